The molecule has 0 radical (unpaired) electrons. The van der Waals surface area contributed by atoms with Crippen LogP contribution in [0.1, 0.15) is 26.3 Å². The van der Waals surface area contributed by atoms with Gasteiger partial charge >= 0.3 is 0 Å². The van der Waals surface area contributed by atoms with Crippen molar-refractivity contribution >= 4 is 5.82 Å². The minimum atomic E-state index is 0.255. The van der Waals surface area contributed by atoms with Crippen LogP contribution in [0.25, 0.3) is 0 Å². The fraction of sp³-hybridized carbons (Fsp3) is 0.667. The summed E-state index contributed by atoms with van der Waals surface area (Å²) in [6.07, 6.45) is 1.99. The summed E-state index contributed by atoms with van der Waals surface area (Å²) in [4.78, 5) is 0. The Bertz CT molecular complexity index is 248. The fourth-order valence-corrected chi connectivity index (χ4v) is 1.10. The van der Waals surface area contributed by atoms with Crippen molar-refractivity contribution < 1.29 is 0 Å². The third kappa shape index (κ3) is 2.26. The summed E-state index contributed by atoms with van der Waals surface area (Å²) < 4.78 is 1.91. The first-order chi connectivity index (χ1) is 5.38. The third-order valence-electron chi connectivity index (χ3n) is 1.62. The zero-order valence-corrected chi connectivity index (χ0v) is 8.26. The van der Waals surface area contributed by atoms with Gasteiger partial charge in [-0.1, -0.05) is 20.8 Å². The maximum Gasteiger partial charge on any atom is 0.148 e. The number of aryl methyl sites for hydroxylation is 1. The molecule has 1 heterocycles. The van der Waals surface area contributed by atoms with Crippen molar-refractivity contribution in [2.45, 2.75) is 34.2 Å². The van der Waals surface area contributed by atoms with Crippen LogP contribution in [0.5, 0.6) is 0 Å². The molecule has 0 saturated heterocycles. The number of hydrogen-bond acceptors (Lipinski definition) is 2. The maximum absolute atomic E-state index is 5.63. The van der Waals surface area contributed by atoms with Crippen LogP contribution < -0.4 is 5.73 Å². The summed E-state index contributed by atoms with van der Waals surface area (Å²) in [6.45, 7) is 9.42. The molecule has 3 heteroatoms. The minimum absolute atomic E-state index is 0.255. The first kappa shape index (κ1) is 9.10. The SMILES string of the molecule is Cc1cn(CC(C)(C)C)nc1N. The number of rotatable bonds is 1. The molecule has 0 atom stereocenters. The van der Waals surface area contributed by atoms with Crippen molar-refractivity contribution in [1.29, 1.82) is 0 Å². The molecule has 3 nitrogen and oxygen atoms in total. The van der Waals surface area contributed by atoms with Gasteiger partial charge in [-0.15, -0.1) is 0 Å². The van der Waals surface area contributed by atoms with E-state index >= 15 is 0 Å². The number of aromatic nitrogens is 2. The Balaban J connectivity index is 2.77. The molecular weight excluding hydrogens is 150 g/mol. The van der Waals surface area contributed by atoms with Crippen molar-refractivity contribution in [2.75, 3.05) is 5.73 Å². The Labute approximate surface area is 73.6 Å². The summed E-state index contributed by atoms with van der Waals surface area (Å²) in [7, 11) is 0. The molecule has 0 unspecified atom stereocenters. The van der Waals surface area contributed by atoms with Gasteiger partial charge in [-0.3, -0.25) is 4.68 Å². The molecule has 12 heavy (non-hydrogen) atoms. The smallest absolute Gasteiger partial charge is 0.148 e. The van der Waals surface area contributed by atoms with Crippen LogP contribution in [0, 0.1) is 12.3 Å². The van der Waals surface area contributed by atoms with Gasteiger partial charge in [-0.2, -0.15) is 5.10 Å². The van der Waals surface area contributed by atoms with E-state index in [1.165, 1.54) is 0 Å². The van der Waals surface area contributed by atoms with E-state index in [4.69, 9.17) is 5.73 Å². The highest BCUT2D eigenvalue weighted by atomic mass is 15.3. The summed E-state index contributed by atoms with van der Waals surface area (Å²) >= 11 is 0. The third-order valence-corrected chi connectivity index (χ3v) is 1.62. The number of anilines is 1. The average Bonchev–Trinajstić information content (AvgIpc) is 2.07. The second-order valence-corrected chi connectivity index (χ2v) is 4.46. The average molecular weight is 167 g/mol. The van der Waals surface area contributed by atoms with Crippen molar-refractivity contribution in [3.63, 3.8) is 0 Å². The summed E-state index contributed by atoms with van der Waals surface area (Å²) in [5.74, 6) is 0.638. The molecule has 0 saturated carbocycles. The summed E-state index contributed by atoms with van der Waals surface area (Å²) in [5, 5.41) is 4.19. The second kappa shape index (κ2) is 2.81. The molecular formula is C9H17N3. The second-order valence-electron chi connectivity index (χ2n) is 4.46. The number of hydrogen-bond donors (Lipinski definition) is 1. The highest BCUT2D eigenvalue weighted by Crippen LogP contribution is 2.17. The zero-order chi connectivity index (χ0) is 9.35. The number of nitrogen functional groups attached to an aromatic ring is 1. The predicted octanol–water partition coefficient (Wildman–Crippen LogP) is 1.82. The zero-order valence-electron chi connectivity index (χ0n) is 8.26. The molecule has 0 bridgehead atoms. The molecule has 0 amide bonds. The van der Waals surface area contributed by atoms with E-state index < -0.39 is 0 Å². The largest absolute Gasteiger partial charge is 0.382 e. The van der Waals surface area contributed by atoms with E-state index in [9.17, 15) is 0 Å². The maximum atomic E-state index is 5.63. The van der Waals surface area contributed by atoms with Gasteiger partial charge in [0.15, 0.2) is 0 Å². The molecule has 68 valence electrons. The van der Waals surface area contributed by atoms with Gasteiger partial charge in [0.1, 0.15) is 5.82 Å². The van der Waals surface area contributed by atoms with Gasteiger partial charge in [0.2, 0.25) is 0 Å². The van der Waals surface area contributed by atoms with E-state index in [2.05, 4.69) is 25.9 Å². The standard InChI is InChI=1S/C9H17N3/c1-7-5-12(11-8(7)10)6-9(2,3)4/h5H,6H2,1-4H3,(H2,10,11). The van der Waals surface area contributed by atoms with E-state index in [0.717, 1.165) is 12.1 Å². The van der Waals surface area contributed by atoms with Crippen LogP contribution in [0.2, 0.25) is 0 Å². The molecule has 1 rings (SSSR count). The molecule has 0 aliphatic carbocycles. The fourth-order valence-electron chi connectivity index (χ4n) is 1.10. The Morgan fingerprint density at radius 2 is 2.08 bits per heavy atom. The molecule has 0 fully saturated rings. The van der Waals surface area contributed by atoms with Crippen LogP contribution in [-0.4, -0.2) is 9.78 Å². The van der Waals surface area contributed by atoms with Crippen LogP contribution >= 0.6 is 0 Å². The topological polar surface area (TPSA) is 43.8 Å². The highest BCUT2D eigenvalue weighted by molar-refractivity contribution is 5.35. The Morgan fingerprint density at radius 3 is 2.42 bits per heavy atom. The first-order valence-electron chi connectivity index (χ1n) is 4.18. The molecule has 0 spiro atoms. The first-order valence-corrected chi connectivity index (χ1v) is 4.18. The van der Waals surface area contributed by atoms with Crippen LogP contribution in [0.3, 0.4) is 0 Å². The van der Waals surface area contributed by atoms with Gasteiger partial charge in [0.25, 0.3) is 0 Å². The molecule has 2 N–H and O–H groups in total. The van der Waals surface area contributed by atoms with Gasteiger partial charge in [-0.25, -0.2) is 0 Å². The molecule has 0 aliphatic rings. The minimum Gasteiger partial charge on any atom is -0.382 e. The van der Waals surface area contributed by atoms with E-state index in [-0.39, 0.29) is 5.41 Å². The van der Waals surface area contributed by atoms with Crippen molar-refractivity contribution in [1.82, 2.24) is 9.78 Å². The normalized spacial score (nSPS) is 12.0. The summed E-state index contributed by atoms with van der Waals surface area (Å²) in [6, 6.07) is 0. The van der Waals surface area contributed by atoms with E-state index in [0.29, 0.717) is 5.82 Å². The Hall–Kier alpha value is -0.990. The van der Waals surface area contributed by atoms with Gasteiger partial charge in [0.05, 0.1) is 0 Å². The predicted molar refractivity (Wildman–Crippen MR) is 50.8 cm³/mol. The lowest BCUT2D eigenvalue weighted by Gasteiger charge is -2.17. The van der Waals surface area contributed by atoms with Gasteiger partial charge in [0, 0.05) is 18.3 Å². The monoisotopic (exact) mass is 167 g/mol. The van der Waals surface area contributed by atoms with Crippen molar-refractivity contribution in [3.05, 3.63) is 11.8 Å². The molecule has 1 aromatic heterocycles. The van der Waals surface area contributed by atoms with E-state index in [1.807, 2.05) is 17.8 Å². The Morgan fingerprint density at radius 1 is 1.50 bits per heavy atom. The van der Waals surface area contributed by atoms with Crippen LogP contribution in [0.15, 0.2) is 6.20 Å². The molecule has 0 aliphatic heterocycles. The van der Waals surface area contributed by atoms with Gasteiger partial charge in [-0.05, 0) is 12.3 Å². The molecule has 0 aromatic carbocycles. The van der Waals surface area contributed by atoms with Crippen molar-refractivity contribution in [2.24, 2.45) is 5.41 Å². The van der Waals surface area contributed by atoms with Crippen molar-refractivity contribution in [3.8, 4) is 0 Å². The van der Waals surface area contributed by atoms with Gasteiger partial charge < -0.3 is 5.73 Å². The quantitative estimate of drug-likeness (QED) is 0.693. The van der Waals surface area contributed by atoms with E-state index in [1.54, 1.807) is 0 Å². The number of nitrogens with two attached hydrogens (primary N) is 1. The number of nitrogens with zero attached hydrogens (tertiary/aromatic N) is 2. The summed E-state index contributed by atoms with van der Waals surface area (Å²) in [5.41, 5.74) is 6.94. The molecule has 1 aromatic rings. The lowest BCUT2D eigenvalue weighted by atomic mass is 9.97. The lowest BCUT2D eigenvalue weighted by molar-refractivity contribution is 0.326. The lowest BCUT2D eigenvalue weighted by Crippen LogP contribution is -2.15. The Kier molecular flexibility index (Phi) is 2.13. The van der Waals surface area contributed by atoms with Crippen LogP contribution in [0.4, 0.5) is 5.82 Å². The highest BCUT2D eigenvalue weighted by Gasteiger charge is 2.12. The van der Waals surface area contributed by atoms with Crippen LogP contribution in [-0.2, 0) is 6.54 Å².